The van der Waals surface area contributed by atoms with Gasteiger partial charge >= 0.3 is 0 Å². The highest BCUT2D eigenvalue weighted by Gasteiger charge is 2.38. The van der Waals surface area contributed by atoms with E-state index in [1.807, 2.05) is 0 Å². The zero-order valence-corrected chi connectivity index (χ0v) is 11.4. The average Bonchev–Trinajstić information content (AvgIpc) is 2.30. The molecule has 0 aliphatic heterocycles. The van der Waals surface area contributed by atoms with Gasteiger partial charge in [-0.25, -0.2) is 0 Å². The Bertz CT molecular complexity index is 286. The van der Waals surface area contributed by atoms with E-state index in [0.717, 1.165) is 31.6 Å². The first kappa shape index (κ1) is 14.4. The average molecular weight is 258 g/mol. The van der Waals surface area contributed by atoms with Crippen molar-refractivity contribution in [1.82, 2.24) is 5.32 Å². The van der Waals surface area contributed by atoms with Gasteiger partial charge in [-0.15, -0.1) is 0 Å². The summed E-state index contributed by atoms with van der Waals surface area (Å²) in [5, 5.41) is 2.95. The maximum atomic E-state index is 11.6. The van der Waals surface area contributed by atoms with Crippen LogP contribution in [0.2, 0.25) is 0 Å². The molecule has 17 heavy (non-hydrogen) atoms. The van der Waals surface area contributed by atoms with Crippen LogP contribution >= 0.6 is 12.2 Å². The Kier molecular flexibility index (Phi) is 5.33. The van der Waals surface area contributed by atoms with Gasteiger partial charge in [-0.2, -0.15) is 0 Å². The Morgan fingerprint density at radius 3 is 2.53 bits per heavy atom. The van der Waals surface area contributed by atoms with Crippen LogP contribution in [0.1, 0.15) is 39.0 Å². The van der Waals surface area contributed by atoms with Crippen LogP contribution in [0.4, 0.5) is 0 Å². The lowest BCUT2D eigenvalue weighted by molar-refractivity contribution is -0.126. The molecule has 0 aromatic heterocycles. The summed E-state index contributed by atoms with van der Waals surface area (Å²) >= 11 is 5.13. The molecule has 1 aliphatic rings. The second-order valence-corrected chi connectivity index (χ2v) is 5.22. The Labute approximate surface area is 108 Å². The molecule has 1 amide bonds. The van der Waals surface area contributed by atoms with Crippen LogP contribution in [-0.2, 0) is 9.53 Å². The zero-order valence-electron chi connectivity index (χ0n) is 10.6. The Morgan fingerprint density at radius 1 is 1.53 bits per heavy atom. The van der Waals surface area contributed by atoms with Gasteiger partial charge in [-0.1, -0.05) is 25.6 Å². The number of nitrogens with two attached hydrogens (primary N) is 1. The first-order chi connectivity index (χ1) is 8.04. The molecule has 5 heteroatoms. The quantitative estimate of drug-likeness (QED) is 0.731. The van der Waals surface area contributed by atoms with Gasteiger partial charge in [-0.3, -0.25) is 4.79 Å². The van der Waals surface area contributed by atoms with Crippen LogP contribution in [0.3, 0.4) is 0 Å². The molecule has 0 aromatic rings. The smallest absolute Gasteiger partial charge is 0.246 e. The summed E-state index contributed by atoms with van der Waals surface area (Å²) in [5.74, 6) is 0.590. The van der Waals surface area contributed by atoms with Crippen molar-refractivity contribution in [2.45, 2.75) is 44.6 Å². The Morgan fingerprint density at radius 2 is 2.12 bits per heavy atom. The largest absolute Gasteiger partial charge is 0.391 e. The Hall–Kier alpha value is -0.680. The third kappa shape index (κ3) is 3.64. The van der Waals surface area contributed by atoms with Crippen molar-refractivity contribution in [1.29, 1.82) is 0 Å². The van der Waals surface area contributed by atoms with E-state index in [4.69, 9.17) is 22.7 Å². The molecular weight excluding hydrogens is 236 g/mol. The second kappa shape index (κ2) is 6.31. The summed E-state index contributed by atoms with van der Waals surface area (Å²) in [6, 6.07) is 0. The predicted molar refractivity (Wildman–Crippen MR) is 71.8 cm³/mol. The molecule has 0 saturated heterocycles. The van der Waals surface area contributed by atoms with Gasteiger partial charge in [0.2, 0.25) is 5.91 Å². The molecule has 1 saturated carbocycles. The molecule has 0 radical (unpaired) electrons. The van der Waals surface area contributed by atoms with Crippen molar-refractivity contribution in [3.8, 4) is 0 Å². The first-order valence-corrected chi connectivity index (χ1v) is 6.54. The first-order valence-electron chi connectivity index (χ1n) is 6.14. The number of amides is 1. The number of carbonyl (C=O) groups is 1. The molecule has 1 fully saturated rings. The molecule has 0 aromatic carbocycles. The van der Waals surface area contributed by atoms with Gasteiger partial charge in [0.05, 0.1) is 10.5 Å². The monoisotopic (exact) mass is 258 g/mol. The fourth-order valence-electron chi connectivity index (χ4n) is 2.45. The molecule has 0 spiro atoms. The summed E-state index contributed by atoms with van der Waals surface area (Å²) in [6.07, 6.45) is 5.01. The van der Waals surface area contributed by atoms with Crippen molar-refractivity contribution >= 4 is 23.1 Å². The van der Waals surface area contributed by atoms with Gasteiger partial charge < -0.3 is 15.8 Å². The molecule has 1 aliphatic carbocycles. The molecule has 0 heterocycles. The Balaban J connectivity index is 2.65. The second-order valence-electron chi connectivity index (χ2n) is 4.78. The van der Waals surface area contributed by atoms with Crippen LogP contribution in [0, 0.1) is 5.92 Å². The van der Waals surface area contributed by atoms with Crippen LogP contribution in [0.25, 0.3) is 0 Å². The van der Waals surface area contributed by atoms with E-state index < -0.39 is 5.54 Å². The lowest BCUT2D eigenvalue weighted by atomic mass is 9.75. The third-order valence-corrected chi connectivity index (χ3v) is 4.05. The molecule has 3 N–H and O–H groups in total. The minimum Gasteiger partial charge on any atom is -0.391 e. The molecular formula is C12H22N2O2S. The van der Waals surface area contributed by atoms with Crippen LogP contribution < -0.4 is 11.1 Å². The molecule has 1 rings (SSSR count). The van der Waals surface area contributed by atoms with E-state index in [0.29, 0.717) is 4.99 Å². The molecule has 0 unspecified atom stereocenters. The SMILES string of the molecule is CCC1CCC(NC(=O)COC)(C(N)=S)CC1. The molecule has 0 atom stereocenters. The fraction of sp³-hybridized carbons (Fsp3) is 0.833. The fourth-order valence-corrected chi connectivity index (χ4v) is 2.70. The number of thiocarbonyl (C=S) groups is 1. The summed E-state index contributed by atoms with van der Waals surface area (Å²) in [6.45, 7) is 2.25. The minimum atomic E-state index is -0.489. The highest BCUT2D eigenvalue weighted by atomic mass is 32.1. The number of ether oxygens (including phenoxy) is 1. The number of hydrogen-bond acceptors (Lipinski definition) is 3. The van der Waals surface area contributed by atoms with Crippen LogP contribution in [0.15, 0.2) is 0 Å². The van der Waals surface area contributed by atoms with Gasteiger partial charge in [0.25, 0.3) is 0 Å². The van der Waals surface area contributed by atoms with E-state index in [2.05, 4.69) is 12.2 Å². The van der Waals surface area contributed by atoms with Crippen molar-refractivity contribution in [2.75, 3.05) is 13.7 Å². The maximum Gasteiger partial charge on any atom is 0.246 e. The van der Waals surface area contributed by atoms with E-state index in [1.165, 1.54) is 13.5 Å². The van der Waals surface area contributed by atoms with E-state index in [1.54, 1.807) is 0 Å². The van der Waals surface area contributed by atoms with Gasteiger partial charge in [-0.05, 0) is 31.6 Å². The third-order valence-electron chi connectivity index (χ3n) is 3.66. The van der Waals surface area contributed by atoms with Crippen molar-refractivity contribution in [3.05, 3.63) is 0 Å². The maximum absolute atomic E-state index is 11.6. The summed E-state index contributed by atoms with van der Waals surface area (Å²) in [5.41, 5.74) is 5.32. The predicted octanol–water partition coefficient (Wildman–Crippen LogP) is 1.37. The standard InChI is InChI=1S/C12H22N2O2S/c1-3-9-4-6-12(7-5-9,11(13)17)14-10(15)8-16-2/h9H,3-8H2,1-2H3,(H2,13,17)(H,14,15). The number of nitrogens with one attached hydrogen (secondary N) is 1. The highest BCUT2D eigenvalue weighted by Crippen LogP contribution is 2.34. The minimum absolute atomic E-state index is 0.0571. The van der Waals surface area contributed by atoms with Gasteiger partial charge in [0, 0.05) is 7.11 Å². The number of hydrogen-bond donors (Lipinski definition) is 2. The van der Waals surface area contributed by atoms with Crippen LogP contribution in [0.5, 0.6) is 0 Å². The lowest BCUT2D eigenvalue weighted by Gasteiger charge is -2.39. The van der Waals surface area contributed by atoms with E-state index in [-0.39, 0.29) is 12.5 Å². The number of carbonyl (C=O) groups excluding carboxylic acids is 1. The van der Waals surface area contributed by atoms with Crippen molar-refractivity contribution in [2.24, 2.45) is 11.7 Å². The lowest BCUT2D eigenvalue weighted by Crippen LogP contribution is -2.59. The van der Waals surface area contributed by atoms with Crippen molar-refractivity contribution in [3.63, 3.8) is 0 Å². The van der Waals surface area contributed by atoms with E-state index >= 15 is 0 Å². The molecule has 4 nitrogen and oxygen atoms in total. The highest BCUT2D eigenvalue weighted by molar-refractivity contribution is 7.80. The van der Waals surface area contributed by atoms with E-state index in [9.17, 15) is 4.79 Å². The molecule has 0 bridgehead atoms. The summed E-state index contributed by atoms with van der Waals surface area (Å²) < 4.78 is 4.82. The normalized spacial score (nSPS) is 28.7. The van der Waals surface area contributed by atoms with Crippen molar-refractivity contribution < 1.29 is 9.53 Å². The van der Waals surface area contributed by atoms with Gasteiger partial charge in [0.15, 0.2) is 0 Å². The zero-order chi connectivity index (χ0) is 12.9. The molecule has 98 valence electrons. The van der Waals surface area contributed by atoms with Gasteiger partial charge in [0.1, 0.15) is 6.61 Å². The number of methoxy groups -OCH3 is 1. The summed E-state index contributed by atoms with van der Waals surface area (Å²) in [7, 11) is 1.50. The summed E-state index contributed by atoms with van der Waals surface area (Å²) in [4.78, 5) is 12.0. The number of rotatable bonds is 5. The topological polar surface area (TPSA) is 64.3 Å². The van der Waals surface area contributed by atoms with Crippen LogP contribution in [-0.4, -0.2) is 30.2 Å².